The minimum absolute atomic E-state index is 0.188. The lowest BCUT2D eigenvalue weighted by Gasteiger charge is -2.06. The average molecular weight is 293 g/mol. The van der Waals surface area contributed by atoms with E-state index in [1.807, 2.05) is 6.92 Å². The molecule has 0 atom stereocenters. The van der Waals surface area contributed by atoms with E-state index in [0.29, 0.717) is 10.7 Å². The lowest BCUT2D eigenvalue weighted by molar-refractivity contribution is 0.0977. The molecule has 2 aromatic heterocycles. The monoisotopic (exact) mass is 293 g/mol. The van der Waals surface area contributed by atoms with Crippen LogP contribution in [0.5, 0.6) is 0 Å². The number of thiocarbonyl (C=S) groups is 1. The Labute approximate surface area is 119 Å². The fourth-order valence-corrected chi connectivity index (χ4v) is 2.19. The number of carbonyl (C=O) groups excluding carboxylic acids is 1. The van der Waals surface area contributed by atoms with Crippen LogP contribution in [-0.4, -0.2) is 26.2 Å². The summed E-state index contributed by atoms with van der Waals surface area (Å²) in [5.41, 5.74) is 0.443. The topological polar surface area (TPSA) is 79.8 Å². The van der Waals surface area contributed by atoms with E-state index in [4.69, 9.17) is 12.2 Å². The Morgan fingerprint density at radius 2 is 2.32 bits per heavy atom. The van der Waals surface area contributed by atoms with E-state index in [0.717, 1.165) is 11.4 Å². The molecule has 1 amide bonds. The van der Waals surface area contributed by atoms with E-state index in [-0.39, 0.29) is 11.0 Å². The van der Waals surface area contributed by atoms with Gasteiger partial charge in [-0.25, -0.2) is 0 Å². The van der Waals surface area contributed by atoms with Crippen LogP contribution < -0.4 is 10.6 Å². The number of aromatic nitrogens is 3. The number of nitrogens with one attached hydrogen (secondary N) is 2. The van der Waals surface area contributed by atoms with Gasteiger partial charge < -0.3 is 5.32 Å². The van der Waals surface area contributed by atoms with Crippen LogP contribution in [0.15, 0.2) is 24.5 Å². The van der Waals surface area contributed by atoms with Crippen molar-refractivity contribution in [2.45, 2.75) is 13.3 Å². The van der Waals surface area contributed by atoms with Crippen molar-refractivity contribution in [3.05, 3.63) is 35.1 Å². The summed E-state index contributed by atoms with van der Waals surface area (Å²) in [4.78, 5) is 15.7. The standard InChI is InChI=1S/C11H11N5OS2/c1-2-8-15-16-11(19-8)14-10(18)13-9(17)7-4-3-5-12-6-7/h3-6H,2H2,1H3,(H2,13,14,16,17,18). The van der Waals surface area contributed by atoms with Gasteiger partial charge in [-0.1, -0.05) is 18.3 Å². The Morgan fingerprint density at radius 3 is 2.95 bits per heavy atom. The summed E-state index contributed by atoms with van der Waals surface area (Å²) in [5, 5.41) is 14.9. The highest BCUT2D eigenvalue weighted by Crippen LogP contribution is 2.14. The van der Waals surface area contributed by atoms with Crippen LogP contribution in [0.3, 0.4) is 0 Å². The second kappa shape index (κ2) is 6.30. The second-order valence-electron chi connectivity index (χ2n) is 3.50. The molecule has 6 nitrogen and oxygen atoms in total. The molecule has 19 heavy (non-hydrogen) atoms. The molecule has 98 valence electrons. The van der Waals surface area contributed by atoms with Gasteiger partial charge in [-0.05, 0) is 30.8 Å². The molecule has 0 aliphatic rings. The SMILES string of the molecule is CCc1nnc(NC(=S)NC(=O)c2cccnc2)s1. The van der Waals surface area contributed by atoms with Crippen molar-refractivity contribution in [3.63, 3.8) is 0 Å². The maximum absolute atomic E-state index is 11.8. The zero-order valence-electron chi connectivity index (χ0n) is 10.1. The summed E-state index contributed by atoms with van der Waals surface area (Å²) in [6.07, 6.45) is 3.88. The molecule has 0 saturated carbocycles. The molecule has 2 rings (SSSR count). The number of hydrogen-bond donors (Lipinski definition) is 2. The van der Waals surface area contributed by atoms with Gasteiger partial charge in [0.1, 0.15) is 5.01 Å². The van der Waals surface area contributed by atoms with Gasteiger partial charge in [-0.2, -0.15) is 0 Å². The van der Waals surface area contributed by atoms with Gasteiger partial charge in [0.25, 0.3) is 5.91 Å². The van der Waals surface area contributed by atoms with Gasteiger partial charge in [0.05, 0.1) is 5.56 Å². The molecule has 0 unspecified atom stereocenters. The smallest absolute Gasteiger partial charge is 0.258 e. The molecule has 0 spiro atoms. The average Bonchev–Trinajstić information content (AvgIpc) is 2.87. The van der Waals surface area contributed by atoms with E-state index in [9.17, 15) is 4.79 Å². The fourth-order valence-electron chi connectivity index (χ4n) is 1.25. The number of carbonyl (C=O) groups is 1. The molecular weight excluding hydrogens is 282 g/mol. The third-order valence-electron chi connectivity index (χ3n) is 2.14. The maximum Gasteiger partial charge on any atom is 0.258 e. The summed E-state index contributed by atoms with van der Waals surface area (Å²) in [6.45, 7) is 1.99. The first-order chi connectivity index (χ1) is 9.19. The molecule has 0 fully saturated rings. The molecule has 8 heteroatoms. The predicted molar refractivity (Wildman–Crippen MR) is 77.2 cm³/mol. The normalized spacial score (nSPS) is 9.95. The van der Waals surface area contributed by atoms with Crippen molar-refractivity contribution in [2.24, 2.45) is 0 Å². The van der Waals surface area contributed by atoms with Crippen LogP contribution in [-0.2, 0) is 6.42 Å². The van der Waals surface area contributed by atoms with E-state index in [1.165, 1.54) is 17.5 Å². The van der Waals surface area contributed by atoms with Crippen molar-refractivity contribution < 1.29 is 4.79 Å². The Balaban J connectivity index is 1.93. The van der Waals surface area contributed by atoms with Gasteiger partial charge in [0, 0.05) is 12.4 Å². The molecule has 0 bridgehead atoms. The first-order valence-electron chi connectivity index (χ1n) is 5.53. The van der Waals surface area contributed by atoms with Gasteiger partial charge in [0.15, 0.2) is 5.11 Å². The molecule has 0 saturated heterocycles. The molecule has 0 aliphatic heterocycles. The first-order valence-corrected chi connectivity index (χ1v) is 6.76. The van der Waals surface area contributed by atoms with Gasteiger partial charge >= 0.3 is 0 Å². The Hall–Kier alpha value is -1.93. The van der Waals surface area contributed by atoms with Crippen molar-refractivity contribution in [1.82, 2.24) is 20.5 Å². The molecular formula is C11H11N5OS2. The minimum Gasteiger partial charge on any atom is -0.307 e. The zero-order chi connectivity index (χ0) is 13.7. The molecule has 0 radical (unpaired) electrons. The molecule has 0 aliphatic carbocycles. The van der Waals surface area contributed by atoms with Crippen LogP contribution in [0.2, 0.25) is 0 Å². The van der Waals surface area contributed by atoms with Gasteiger partial charge in [-0.15, -0.1) is 10.2 Å². The number of anilines is 1. The summed E-state index contributed by atoms with van der Waals surface area (Å²) in [7, 11) is 0. The number of hydrogen-bond acceptors (Lipinski definition) is 6. The van der Waals surface area contributed by atoms with Crippen LogP contribution in [0.4, 0.5) is 5.13 Å². The minimum atomic E-state index is -0.314. The van der Waals surface area contributed by atoms with Crippen LogP contribution in [0, 0.1) is 0 Å². The third-order valence-corrected chi connectivity index (χ3v) is 3.33. The maximum atomic E-state index is 11.8. The molecule has 2 heterocycles. The molecule has 2 aromatic rings. The lowest BCUT2D eigenvalue weighted by Crippen LogP contribution is -2.34. The molecule has 0 aromatic carbocycles. The van der Waals surface area contributed by atoms with Crippen LogP contribution in [0.25, 0.3) is 0 Å². The van der Waals surface area contributed by atoms with Gasteiger partial charge in [0.2, 0.25) is 5.13 Å². The van der Waals surface area contributed by atoms with Crippen molar-refractivity contribution in [1.29, 1.82) is 0 Å². The third kappa shape index (κ3) is 3.76. The number of amides is 1. The van der Waals surface area contributed by atoms with Gasteiger partial charge in [-0.3, -0.25) is 15.1 Å². The first kappa shape index (κ1) is 13.5. The Bertz CT molecular complexity index is 584. The highest BCUT2D eigenvalue weighted by molar-refractivity contribution is 7.80. The van der Waals surface area contributed by atoms with E-state index in [1.54, 1.807) is 18.3 Å². The second-order valence-corrected chi connectivity index (χ2v) is 4.97. The quantitative estimate of drug-likeness (QED) is 0.837. The van der Waals surface area contributed by atoms with Crippen molar-refractivity contribution in [2.75, 3.05) is 5.32 Å². The predicted octanol–water partition coefficient (Wildman–Crippen LogP) is 1.62. The van der Waals surface area contributed by atoms with Crippen molar-refractivity contribution in [3.8, 4) is 0 Å². The summed E-state index contributed by atoms with van der Waals surface area (Å²) in [6, 6.07) is 3.34. The van der Waals surface area contributed by atoms with E-state index in [2.05, 4.69) is 25.8 Å². The molecule has 2 N–H and O–H groups in total. The van der Waals surface area contributed by atoms with E-state index < -0.39 is 0 Å². The summed E-state index contributed by atoms with van der Waals surface area (Å²) >= 11 is 6.43. The number of nitrogens with zero attached hydrogens (tertiary/aromatic N) is 3. The van der Waals surface area contributed by atoms with Crippen LogP contribution >= 0.6 is 23.6 Å². The Morgan fingerprint density at radius 1 is 1.47 bits per heavy atom. The van der Waals surface area contributed by atoms with E-state index >= 15 is 0 Å². The lowest BCUT2D eigenvalue weighted by atomic mass is 10.3. The Kier molecular flexibility index (Phi) is 4.48. The number of pyridine rings is 1. The largest absolute Gasteiger partial charge is 0.307 e. The number of rotatable bonds is 3. The highest BCUT2D eigenvalue weighted by Gasteiger charge is 2.09. The van der Waals surface area contributed by atoms with Crippen molar-refractivity contribution >= 4 is 39.7 Å². The summed E-state index contributed by atoms with van der Waals surface area (Å²) < 4.78 is 0. The zero-order valence-corrected chi connectivity index (χ0v) is 11.7. The summed E-state index contributed by atoms with van der Waals surface area (Å²) in [5.74, 6) is -0.314. The fraction of sp³-hybridized carbons (Fsp3) is 0.182. The van der Waals surface area contributed by atoms with Crippen LogP contribution in [0.1, 0.15) is 22.3 Å². The number of aryl methyl sites for hydroxylation is 1. The highest BCUT2D eigenvalue weighted by atomic mass is 32.1.